The summed E-state index contributed by atoms with van der Waals surface area (Å²) < 4.78 is 13.2. The maximum absolute atomic E-state index is 6.60. The third-order valence-electron chi connectivity index (χ3n) is 16.3. The molecule has 2 heterocycles. The van der Waals surface area contributed by atoms with Crippen molar-refractivity contribution in [1.29, 1.82) is 0 Å². The lowest BCUT2D eigenvalue weighted by Gasteiger charge is -2.38. The molecule has 4 nitrogen and oxygen atoms in total. The molecule has 79 heavy (non-hydrogen) atoms. The number of fused-ring (bicyclic) bond motifs is 7. The van der Waals surface area contributed by atoms with E-state index in [1.807, 2.05) is 36.4 Å². The number of benzene rings is 12. The van der Waals surface area contributed by atoms with Gasteiger partial charge in [-0.3, -0.25) is 4.90 Å². The Morgan fingerprint density at radius 2 is 0.734 bits per heavy atom. The van der Waals surface area contributed by atoms with Crippen LogP contribution in [-0.2, 0) is 5.41 Å². The van der Waals surface area contributed by atoms with Gasteiger partial charge in [0, 0.05) is 17.1 Å². The van der Waals surface area contributed by atoms with E-state index in [0.29, 0.717) is 0 Å². The predicted octanol–water partition coefficient (Wildman–Crippen LogP) is 20.5. The summed E-state index contributed by atoms with van der Waals surface area (Å²) in [6.07, 6.45) is 0. The first-order chi connectivity index (χ1) is 38.9. The van der Waals surface area contributed by atoms with Crippen LogP contribution in [0.25, 0.3) is 55.6 Å². The molecule has 12 aromatic carbocycles. The first-order valence-corrected chi connectivity index (χ1v) is 27.1. The predicted molar refractivity (Wildman–Crippen MR) is 324 cm³/mol. The van der Waals surface area contributed by atoms with Crippen molar-refractivity contribution in [2.24, 2.45) is 0 Å². The molecule has 3 aliphatic rings. The first kappa shape index (κ1) is 46.2. The van der Waals surface area contributed by atoms with Gasteiger partial charge >= 0.3 is 0 Å². The average Bonchev–Trinajstić information content (AvgIpc) is 4.07. The second-order valence-electron chi connectivity index (χ2n) is 21.0. The van der Waals surface area contributed by atoms with Crippen LogP contribution in [0, 0.1) is 13.8 Å². The second kappa shape index (κ2) is 18.5. The Balaban J connectivity index is 0.780. The molecule has 0 amide bonds. The Morgan fingerprint density at radius 1 is 0.304 bits per heavy atom. The topological polar surface area (TPSA) is 24.9 Å². The number of ether oxygens (including phenoxy) is 2. The molecule has 4 heteroatoms. The van der Waals surface area contributed by atoms with E-state index in [9.17, 15) is 0 Å². The Morgan fingerprint density at radius 3 is 1.30 bits per heavy atom. The van der Waals surface area contributed by atoms with Crippen LogP contribution >= 0.6 is 0 Å². The lowest BCUT2D eigenvalue weighted by Crippen LogP contribution is -2.29. The van der Waals surface area contributed by atoms with E-state index in [2.05, 4.69) is 266 Å². The number of rotatable bonds is 9. The van der Waals surface area contributed by atoms with Crippen LogP contribution in [0.2, 0.25) is 0 Å². The molecule has 374 valence electrons. The number of aryl methyl sites for hydroxylation is 2. The van der Waals surface area contributed by atoms with Gasteiger partial charge in [0.1, 0.15) is 5.69 Å². The van der Waals surface area contributed by atoms with Crippen molar-refractivity contribution in [2.75, 3.05) is 9.80 Å². The Hall–Kier alpha value is -10.2. The number of para-hydroxylation sites is 4. The fourth-order valence-electron chi connectivity index (χ4n) is 12.4. The van der Waals surface area contributed by atoms with Gasteiger partial charge in [-0.1, -0.05) is 211 Å². The molecule has 0 fully saturated rings. The van der Waals surface area contributed by atoms with Gasteiger partial charge in [0.05, 0.1) is 16.8 Å². The Bertz CT molecular complexity index is 4180. The molecule has 0 radical (unpaired) electrons. The van der Waals surface area contributed by atoms with E-state index in [4.69, 9.17) is 9.47 Å². The molecule has 0 bridgehead atoms. The lowest BCUT2D eigenvalue weighted by atomic mass is 9.67. The molecule has 0 unspecified atom stereocenters. The van der Waals surface area contributed by atoms with Crippen molar-refractivity contribution in [3.63, 3.8) is 0 Å². The molecule has 1 aliphatic carbocycles. The highest BCUT2D eigenvalue weighted by atomic mass is 16.5. The van der Waals surface area contributed by atoms with Crippen LogP contribution in [0.4, 0.5) is 34.1 Å². The zero-order valence-electron chi connectivity index (χ0n) is 43.8. The first-order valence-electron chi connectivity index (χ1n) is 27.1. The van der Waals surface area contributed by atoms with Gasteiger partial charge in [0.25, 0.3) is 0 Å². The zero-order valence-corrected chi connectivity index (χ0v) is 43.8. The summed E-state index contributed by atoms with van der Waals surface area (Å²) in [7, 11) is 0. The van der Waals surface area contributed by atoms with Crippen LogP contribution in [-0.4, -0.2) is 0 Å². The lowest BCUT2D eigenvalue weighted by molar-refractivity contribution is 0.446. The van der Waals surface area contributed by atoms with E-state index in [1.165, 1.54) is 55.6 Å². The fraction of sp³-hybridized carbons (Fsp3) is 0.0400. The van der Waals surface area contributed by atoms with Crippen molar-refractivity contribution in [1.82, 2.24) is 0 Å². The van der Waals surface area contributed by atoms with Gasteiger partial charge in [-0.25, -0.2) is 0 Å². The maximum atomic E-state index is 6.60. The monoisotopic (exact) mass is 1010 g/mol. The summed E-state index contributed by atoms with van der Waals surface area (Å²) in [5, 5.41) is 0. The molecule has 2 aliphatic heterocycles. The molecule has 15 rings (SSSR count). The molecule has 0 N–H and O–H groups in total. The van der Waals surface area contributed by atoms with Gasteiger partial charge in [0.15, 0.2) is 23.0 Å². The third kappa shape index (κ3) is 7.67. The molecule has 0 saturated heterocycles. The van der Waals surface area contributed by atoms with E-state index in [1.54, 1.807) is 0 Å². The Kier molecular flexibility index (Phi) is 10.8. The standard InChI is InChI=1S/C75H52N2O2/c1-49-23-35-59(36-24-49)75(60-37-25-50(2)26-38-60)66-18-7-6-17-64(66)65-44-43-63(48-67(65)75)76(61-39-31-53(32-40-61)51-13-4-3-5-14-51)62-41-33-54(34-42-62)52-27-29-55(30-28-52)56-15-12-16-57(45-56)58-46-72-74-73(47-58)79-71-22-11-9-20-69(71)77(74)68-19-8-10-21-70(68)78-72/h3-48H,1-2H3. The second-order valence-corrected chi connectivity index (χ2v) is 21.0. The normalized spacial score (nSPS) is 13.0. The van der Waals surface area contributed by atoms with E-state index < -0.39 is 5.41 Å². The average molecular weight is 1010 g/mol. The Labute approximate surface area is 461 Å². The number of anilines is 6. The summed E-state index contributed by atoms with van der Waals surface area (Å²) in [6.45, 7) is 4.34. The minimum Gasteiger partial charge on any atom is -0.453 e. The SMILES string of the molecule is Cc1ccc(C2(c3ccc(C)cc3)c3ccccc3-c3ccc(N(c4ccc(-c5ccccc5)cc4)c4ccc(-c5ccc(-c6cccc(-c7cc8c9c(c7)Oc7ccccc7N9c7ccccc7O8)c6)cc5)cc4)cc32)cc1. The van der Waals surface area contributed by atoms with Crippen LogP contribution in [0.3, 0.4) is 0 Å². The van der Waals surface area contributed by atoms with Crippen LogP contribution in [0.15, 0.2) is 279 Å². The quantitative estimate of drug-likeness (QED) is 0.144. The van der Waals surface area contributed by atoms with Crippen LogP contribution in [0.5, 0.6) is 23.0 Å². The third-order valence-corrected chi connectivity index (χ3v) is 16.3. The highest BCUT2D eigenvalue weighted by Crippen LogP contribution is 2.61. The zero-order chi connectivity index (χ0) is 52.6. The van der Waals surface area contributed by atoms with E-state index in [-0.39, 0.29) is 0 Å². The van der Waals surface area contributed by atoms with E-state index >= 15 is 0 Å². The fourth-order valence-corrected chi connectivity index (χ4v) is 12.4. The number of nitrogens with zero attached hydrogens (tertiary/aromatic N) is 2. The van der Waals surface area contributed by atoms with Crippen LogP contribution in [0.1, 0.15) is 33.4 Å². The number of hydrogen-bond donors (Lipinski definition) is 0. The highest BCUT2D eigenvalue weighted by Gasteiger charge is 2.46. The molecule has 12 aromatic rings. The van der Waals surface area contributed by atoms with Crippen molar-refractivity contribution in [2.45, 2.75) is 19.3 Å². The van der Waals surface area contributed by atoms with Gasteiger partial charge in [-0.05, 0) is 171 Å². The summed E-state index contributed by atoms with van der Waals surface area (Å²) in [5.74, 6) is 3.16. The molecule has 0 saturated carbocycles. The summed E-state index contributed by atoms with van der Waals surface area (Å²) in [6, 6.07) is 101. The van der Waals surface area contributed by atoms with Crippen molar-refractivity contribution in [3.8, 4) is 78.6 Å². The molecule has 0 aromatic heterocycles. The molecular weight excluding hydrogens is 961 g/mol. The van der Waals surface area contributed by atoms with Crippen molar-refractivity contribution >= 4 is 34.1 Å². The largest absolute Gasteiger partial charge is 0.453 e. The molecule has 0 spiro atoms. The molecular formula is C75H52N2O2. The molecule has 0 atom stereocenters. The maximum Gasteiger partial charge on any atom is 0.156 e. The minimum absolute atomic E-state index is 0.534. The van der Waals surface area contributed by atoms with Crippen molar-refractivity contribution < 1.29 is 9.47 Å². The van der Waals surface area contributed by atoms with Gasteiger partial charge in [0.2, 0.25) is 0 Å². The van der Waals surface area contributed by atoms with E-state index in [0.717, 1.165) is 90.5 Å². The highest BCUT2D eigenvalue weighted by molar-refractivity contribution is 5.96. The summed E-state index contributed by atoms with van der Waals surface area (Å²) in [5.41, 5.74) is 24.8. The van der Waals surface area contributed by atoms with Gasteiger partial charge in [-0.2, -0.15) is 0 Å². The number of hydrogen-bond acceptors (Lipinski definition) is 4. The van der Waals surface area contributed by atoms with Gasteiger partial charge < -0.3 is 14.4 Å². The summed E-state index contributed by atoms with van der Waals surface area (Å²) >= 11 is 0. The summed E-state index contributed by atoms with van der Waals surface area (Å²) in [4.78, 5) is 4.67. The van der Waals surface area contributed by atoms with Crippen molar-refractivity contribution in [3.05, 3.63) is 312 Å². The minimum atomic E-state index is -0.534. The van der Waals surface area contributed by atoms with Crippen LogP contribution < -0.4 is 19.3 Å². The smallest absolute Gasteiger partial charge is 0.156 e. The van der Waals surface area contributed by atoms with Gasteiger partial charge in [-0.15, -0.1) is 0 Å².